The first-order valence-corrected chi connectivity index (χ1v) is 7.33. The number of nitrogens with zero attached hydrogens (tertiary/aromatic N) is 1. The molecule has 0 heterocycles. The SMILES string of the molecule is O=C(/C=C/c1cccc(C(=O)N/N=C/c2c(F)c(F)c(F)c(F)c2F)c1)NO. The summed E-state index contributed by atoms with van der Waals surface area (Å²) in [6.45, 7) is 0. The van der Waals surface area contributed by atoms with E-state index in [0.29, 0.717) is 5.56 Å². The number of hydroxylamine groups is 1. The van der Waals surface area contributed by atoms with Crippen LogP contribution in [0.2, 0.25) is 0 Å². The summed E-state index contributed by atoms with van der Waals surface area (Å²) in [6.07, 6.45) is 2.54. The molecular weight excluding hydrogens is 389 g/mol. The molecule has 28 heavy (non-hydrogen) atoms. The second-order valence-corrected chi connectivity index (χ2v) is 5.12. The molecule has 0 bridgehead atoms. The molecule has 0 aliphatic rings. The van der Waals surface area contributed by atoms with Gasteiger partial charge in [-0.05, 0) is 23.8 Å². The Bertz CT molecular complexity index is 963. The first-order valence-electron chi connectivity index (χ1n) is 7.33. The van der Waals surface area contributed by atoms with Crippen molar-refractivity contribution in [3.63, 3.8) is 0 Å². The Kier molecular flexibility index (Phi) is 6.55. The first kappa shape index (κ1) is 20.7. The number of carbonyl (C=O) groups excluding carboxylic acids is 2. The number of amides is 2. The highest BCUT2D eigenvalue weighted by atomic mass is 19.2. The summed E-state index contributed by atoms with van der Waals surface area (Å²) < 4.78 is 66.1. The zero-order valence-corrected chi connectivity index (χ0v) is 13.6. The minimum atomic E-state index is -2.31. The molecule has 0 atom stereocenters. The van der Waals surface area contributed by atoms with Gasteiger partial charge in [-0.3, -0.25) is 14.8 Å². The van der Waals surface area contributed by atoms with Gasteiger partial charge in [0.05, 0.1) is 11.8 Å². The van der Waals surface area contributed by atoms with Gasteiger partial charge < -0.3 is 0 Å². The van der Waals surface area contributed by atoms with Crippen LogP contribution in [0.15, 0.2) is 35.4 Å². The van der Waals surface area contributed by atoms with Gasteiger partial charge in [0.25, 0.3) is 11.8 Å². The lowest BCUT2D eigenvalue weighted by molar-refractivity contribution is -0.124. The van der Waals surface area contributed by atoms with Crippen molar-refractivity contribution in [1.29, 1.82) is 0 Å². The standard InChI is InChI=1S/C17H10F5N3O3/c18-12-10(13(19)15(21)16(22)14(12)20)7-23-24-17(27)9-3-1-2-8(6-9)4-5-11(26)25-28/h1-7,28H,(H,24,27)(H,25,26)/b5-4+,23-7+. The van der Waals surface area contributed by atoms with Gasteiger partial charge in [0.15, 0.2) is 23.3 Å². The Morgan fingerprint density at radius 1 is 0.964 bits per heavy atom. The highest BCUT2D eigenvalue weighted by Gasteiger charge is 2.24. The zero-order chi connectivity index (χ0) is 20.8. The van der Waals surface area contributed by atoms with Crippen LogP contribution in [-0.2, 0) is 4.79 Å². The van der Waals surface area contributed by atoms with Crippen LogP contribution in [0.4, 0.5) is 22.0 Å². The van der Waals surface area contributed by atoms with E-state index in [1.165, 1.54) is 35.8 Å². The molecule has 0 spiro atoms. The molecule has 0 saturated carbocycles. The van der Waals surface area contributed by atoms with Crippen LogP contribution in [-0.4, -0.2) is 23.2 Å². The third-order valence-corrected chi connectivity index (χ3v) is 3.29. The van der Waals surface area contributed by atoms with E-state index in [2.05, 4.69) is 5.10 Å². The fourth-order valence-electron chi connectivity index (χ4n) is 1.95. The quantitative estimate of drug-likeness (QED) is 0.137. The summed E-state index contributed by atoms with van der Waals surface area (Å²) in [5.74, 6) is -12.4. The average molecular weight is 399 g/mol. The molecule has 0 aliphatic carbocycles. The number of hydrogen-bond donors (Lipinski definition) is 3. The van der Waals surface area contributed by atoms with Gasteiger partial charge in [-0.2, -0.15) is 5.10 Å². The molecule has 2 amide bonds. The minimum absolute atomic E-state index is 0.0149. The summed E-state index contributed by atoms with van der Waals surface area (Å²) >= 11 is 0. The van der Waals surface area contributed by atoms with Crippen LogP contribution in [0.5, 0.6) is 0 Å². The molecule has 0 aromatic heterocycles. The zero-order valence-electron chi connectivity index (χ0n) is 13.6. The van der Waals surface area contributed by atoms with Crippen molar-refractivity contribution in [2.24, 2.45) is 5.10 Å². The lowest BCUT2D eigenvalue weighted by atomic mass is 10.1. The summed E-state index contributed by atoms with van der Waals surface area (Å²) in [5.41, 5.74) is 2.34. The van der Waals surface area contributed by atoms with Crippen LogP contribution in [0.25, 0.3) is 6.08 Å². The van der Waals surface area contributed by atoms with Gasteiger partial charge in [-0.15, -0.1) is 0 Å². The highest BCUT2D eigenvalue weighted by molar-refractivity contribution is 5.96. The third kappa shape index (κ3) is 4.57. The van der Waals surface area contributed by atoms with Crippen molar-refractivity contribution in [2.75, 3.05) is 0 Å². The van der Waals surface area contributed by atoms with E-state index in [1.807, 2.05) is 5.43 Å². The molecule has 2 aromatic rings. The molecule has 11 heteroatoms. The molecule has 2 aromatic carbocycles. The lowest BCUT2D eigenvalue weighted by Crippen LogP contribution is -2.18. The third-order valence-electron chi connectivity index (χ3n) is 3.29. The molecule has 0 fully saturated rings. The molecular formula is C17H10F5N3O3. The topological polar surface area (TPSA) is 90.8 Å². The van der Waals surface area contributed by atoms with Gasteiger partial charge in [-0.1, -0.05) is 12.1 Å². The first-order chi connectivity index (χ1) is 13.3. The summed E-state index contributed by atoms with van der Waals surface area (Å²) in [7, 11) is 0. The Morgan fingerprint density at radius 2 is 1.57 bits per heavy atom. The van der Waals surface area contributed by atoms with Crippen molar-refractivity contribution in [3.05, 3.63) is 76.1 Å². The minimum Gasteiger partial charge on any atom is -0.288 e. The fourth-order valence-corrected chi connectivity index (χ4v) is 1.95. The Balaban J connectivity index is 2.17. The monoisotopic (exact) mass is 399 g/mol. The smallest absolute Gasteiger partial charge is 0.271 e. The normalized spacial score (nSPS) is 11.2. The maximum absolute atomic E-state index is 13.5. The maximum Gasteiger partial charge on any atom is 0.271 e. The van der Waals surface area contributed by atoms with Gasteiger partial charge in [0.2, 0.25) is 5.82 Å². The number of halogens is 5. The van der Waals surface area contributed by atoms with Crippen LogP contribution < -0.4 is 10.9 Å². The number of benzene rings is 2. The number of rotatable bonds is 5. The molecule has 0 radical (unpaired) electrons. The average Bonchev–Trinajstić information content (AvgIpc) is 2.71. The number of nitrogens with one attached hydrogen (secondary N) is 2. The Morgan fingerprint density at radius 3 is 2.18 bits per heavy atom. The number of carbonyl (C=O) groups is 2. The van der Waals surface area contributed by atoms with Crippen LogP contribution in [0.1, 0.15) is 21.5 Å². The highest BCUT2D eigenvalue weighted by Crippen LogP contribution is 2.21. The van der Waals surface area contributed by atoms with Crippen molar-refractivity contribution >= 4 is 24.1 Å². The molecule has 146 valence electrons. The van der Waals surface area contributed by atoms with E-state index in [-0.39, 0.29) is 11.8 Å². The van der Waals surface area contributed by atoms with Crippen molar-refractivity contribution < 1.29 is 36.7 Å². The van der Waals surface area contributed by atoms with E-state index in [1.54, 1.807) is 0 Å². The summed E-state index contributed by atoms with van der Waals surface area (Å²) in [4.78, 5) is 22.9. The number of hydrogen-bond acceptors (Lipinski definition) is 4. The van der Waals surface area contributed by atoms with E-state index in [9.17, 15) is 31.5 Å². The number of hydrazone groups is 1. The Hall–Kier alpha value is -3.60. The van der Waals surface area contributed by atoms with E-state index in [0.717, 1.165) is 6.08 Å². The van der Waals surface area contributed by atoms with E-state index >= 15 is 0 Å². The van der Waals surface area contributed by atoms with Crippen LogP contribution >= 0.6 is 0 Å². The van der Waals surface area contributed by atoms with Crippen LogP contribution in [0, 0.1) is 29.1 Å². The van der Waals surface area contributed by atoms with E-state index in [4.69, 9.17) is 5.21 Å². The molecule has 0 aliphatic heterocycles. The second-order valence-electron chi connectivity index (χ2n) is 5.12. The predicted octanol–water partition coefficient (Wildman–Crippen LogP) is 2.66. The van der Waals surface area contributed by atoms with Gasteiger partial charge >= 0.3 is 0 Å². The maximum atomic E-state index is 13.5. The van der Waals surface area contributed by atoms with Crippen LogP contribution in [0.3, 0.4) is 0 Å². The predicted molar refractivity (Wildman–Crippen MR) is 86.7 cm³/mol. The largest absolute Gasteiger partial charge is 0.288 e. The van der Waals surface area contributed by atoms with E-state index < -0.39 is 46.5 Å². The van der Waals surface area contributed by atoms with Gasteiger partial charge in [0, 0.05) is 11.6 Å². The Labute approximate surface area is 153 Å². The fraction of sp³-hybridized carbons (Fsp3) is 0. The summed E-state index contributed by atoms with van der Waals surface area (Å²) in [6, 6.07) is 5.62. The van der Waals surface area contributed by atoms with Crippen molar-refractivity contribution in [1.82, 2.24) is 10.9 Å². The second kappa shape index (κ2) is 8.86. The molecule has 6 nitrogen and oxygen atoms in total. The molecule has 0 unspecified atom stereocenters. The van der Waals surface area contributed by atoms with Gasteiger partial charge in [-0.25, -0.2) is 32.9 Å². The molecule has 3 N–H and O–H groups in total. The molecule has 2 rings (SSSR count). The van der Waals surface area contributed by atoms with Crippen molar-refractivity contribution in [2.45, 2.75) is 0 Å². The lowest BCUT2D eigenvalue weighted by Gasteiger charge is -2.04. The van der Waals surface area contributed by atoms with Gasteiger partial charge in [0.1, 0.15) is 0 Å². The summed E-state index contributed by atoms with van der Waals surface area (Å²) in [5, 5.41) is 11.6. The molecule has 0 saturated heterocycles. The van der Waals surface area contributed by atoms with Crippen molar-refractivity contribution in [3.8, 4) is 0 Å².